The second kappa shape index (κ2) is 9.92. The molecule has 10 heteroatoms. The largest absolute Gasteiger partial charge is 0.495 e. The SMILES string of the molecule is COc1ccc(C(=O)OC(C)C(=O)Nc2ccc(Cl)cc2)cc1S(=O)(=O)NC(C)C. The van der Waals surface area contributed by atoms with Gasteiger partial charge in [-0.15, -0.1) is 0 Å². The fourth-order valence-electron chi connectivity index (χ4n) is 2.45. The molecular weight excluding hydrogens is 432 g/mol. The van der Waals surface area contributed by atoms with E-state index < -0.39 is 28.0 Å². The predicted octanol–water partition coefficient (Wildman–Crippen LogP) is 3.22. The number of hydrogen-bond donors (Lipinski definition) is 2. The molecule has 1 unspecified atom stereocenters. The number of nitrogens with one attached hydrogen (secondary N) is 2. The lowest BCUT2D eigenvalue weighted by Crippen LogP contribution is -2.31. The minimum Gasteiger partial charge on any atom is -0.495 e. The molecule has 0 saturated carbocycles. The van der Waals surface area contributed by atoms with Crippen LogP contribution in [0.15, 0.2) is 47.4 Å². The third-order valence-corrected chi connectivity index (χ3v) is 5.78. The first-order chi connectivity index (χ1) is 14.0. The van der Waals surface area contributed by atoms with Gasteiger partial charge in [0.25, 0.3) is 5.91 Å². The van der Waals surface area contributed by atoms with E-state index in [9.17, 15) is 18.0 Å². The second-order valence-electron chi connectivity index (χ2n) is 6.69. The monoisotopic (exact) mass is 454 g/mol. The summed E-state index contributed by atoms with van der Waals surface area (Å²) in [7, 11) is -2.60. The molecule has 0 radical (unpaired) electrons. The van der Waals surface area contributed by atoms with Gasteiger partial charge < -0.3 is 14.8 Å². The Morgan fingerprint density at radius 1 is 1.03 bits per heavy atom. The van der Waals surface area contributed by atoms with Gasteiger partial charge in [0.15, 0.2) is 6.10 Å². The van der Waals surface area contributed by atoms with E-state index in [-0.39, 0.29) is 22.3 Å². The first-order valence-corrected chi connectivity index (χ1v) is 10.9. The Morgan fingerprint density at radius 3 is 2.23 bits per heavy atom. The van der Waals surface area contributed by atoms with E-state index in [1.807, 2.05) is 0 Å². The van der Waals surface area contributed by atoms with Gasteiger partial charge >= 0.3 is 5.97 Å². The topological polar surface area (TPSA) is 111 Å². The van der Waals surface area contributed by atoms with Crippen LogP contribution < -0.4 is 14.8 Å². The quantitative estimate of drug-likeness (QED) is 0.592. The molecule has 0 saturated heterocycles. The summed E-state index contributed by atoms with van der Waals surface area (Å²) in [4.78, 5) is 24.5. The maximum absolute atomic E-state index is 12.5. The lowest BCUT2D eigenvalue weighted by molar-refractivity contribution is -0.123. The smallest absolute Gasteiger partial charge is 0.338 e. The van der Waals surface area contributed by atoms with E-state index in [2.05, 4.69) is 10.0 Å². The molecule has 0 heterocycles. The summed E-state index contributed by atoms with van der Waals surface area (Å²) in [6.07, 6.45) is -1.12. The Hall–Kier alpha value is -2.62. The molecule has 0 aliphatic carbocycles. The molecule has 0 aliphatic rings. The van der Waals surface area contributed by atoms with Gasteiger partial charge in [-0.05, 0) is 63.2 Å². The van der Waals surface area contributed by atoms with Crippen LogP contribution >= 0.6 is 11.6 Å². The van der Waals surface area contributed by atoms with Crippen LogP contribution in [0.3, 0.4) is 0 Å². The Morgan fingerprint density at radius 2 is 1.67 bits per heavy atom. The number of methoxy groups -OCH3 is 1. The van der Waals surface area contributed by atoms with Crippen LogP contribution in [0.1, 0.15) is 31.1 Å². The summed E-state index contributed by atoms with van der Waals surface area (Å²) in [6.45, 7) is 4.75. The normalized spacial score (nSPS) is 12.3. The van der Waals surface area contributed by atoms with E-state index in [0.717, 1.165) is 6.07 Å². The van der Waals surface area contributed by atoms with Crippen molar-refractivity contribution >= 4 is 39.2 Å². The number of sulfonamides is 1. The predicted molar refractivity (Wildman–Crippen MR) is 113 cm³/mol. The minimum atomic E-state index is -3.92. The van der Waals surface area contributed by atoms with Gasteiger partial charge in [-0.1, -0.05) is 11.6 Å². The zero-order valence-corrected chi connectivity index (χ0v) is 18.5. The number of rotatable bonds is 8. The van der Waals surface area contributed by atoms with Crippen molar-refractivity contribution in [2.24, 2.45) is 0 Å². The molecule has 2 aromatic rings. The zero-order chi connectivity index (χ0) is 22.5. The van der Waals surface area contributed by atoms with Crippen molar-refractivity contribution in [1.82, 2.24) is 4.72 Å². The number of hydrogen-bond acceptors (Lipinski definition) is 6. The van der Waals surface area contributed by atoms with Gasteiger partial charge in [-0.2, -0.15) is 0 Å². The van der Waals surface area contributed by atoms with E-state index in [1.54, 1.807) is 38.1 Å². The van der Waals surface area contributed by atoms with E-state index >= 15 is 0 Å². The van der Waals surface area contributed by atoms with Gasteiger partial charge in [-0.3, -0.25) is 4.79 Å². The zero-order valence-electron chi connectivity index (χ0n) is 16.9. The molecule has 0 spiro atoms. The molecule has 2 rings (SSSR count). The average molecular weight is 455 g/mol. The summed E-state index contributed by atoms with van der Waals surface area (Å²) in [5.41, 5.74) is 0.455. The highest BCUT2D eigenvalue weighted by molar-refractivity contribution is 7.89. The van der Waals surface area contributed by atoms with Crippen LogP contribution in [0.2, 0.25) is 5.02 Å². The molecule has 0 aromatic heterocycles. The molecule has 0 fully saturated rings. The number of ether oxygens (including phenoxy) is 2. The average Bonchev–Trinajstić information content (AvgIpc) is 2.68. The molecule has 2 aromatic carbocycles. The van der Waals surface area contributed by atoms with Crippen LogP contribution in [0.4, 0.5) is 5.69 Å². The van der Waals surface area contributed by atoms with E-state index in [1.165, 1.54) is 26.2 Å². The van der Waals surface area contributed by atoms with E-state index in [4.69, 9.17) is 21.1 Å². The van der Waals surface area contributed by atoms with Crippen molar-refractivity contribution < 1.29 is 27.5 Å². The number of benzene rings is 2. The third kappa shape index (κ3) is 6.19. The number of anilines is 1. The summed E-state index contributed by atoms with van der Waals surface area (Å²) < 4.78 is 37.8. The van der Waals surface area contributed by atoms with E-state index in [0.29, 0.717) is 10.7 Å². The standard InChI is InChI=1S/C20H23ClN2O6S/c1-12(2)23-30(26,27)18-11-14(5-10-17(18)28-4)20(25)29-13(3)19(24)22-16-8-6-15(21)7-9-16/h5-13,23H,1-4H3,(H,22,24). The van der Waals surface area contributed by atoms with Gasteiger partial charge in [0, 0.05) is 16.8 Å². The maximum atomic E-state index is 12.5. The Kier molecular flexibility index (Phi) is 7.83. The molecule has 162 valence electrons. The lowest BCUT2D eigenvalue weighted by Gasteiger charge is -2.16. The van der Waals surface area contributed by atoms with Crippen LogP contribution in [-0.2, 0) is 19.6 Å². The molecular formula is C20H23ClN2O6S. The maximum Gasteiger partial charge on any atom is 0.338 e. The van der Waals surface area contributed by atoms with Crippen molar-refractivity contribution in [2.75, 3.05) is 12.4 Å². The third-order valence-electron chi connectivity index (χ3n) is 3.84. The van der Waals surface area contributed by atoms with Crippen molar-refractivity contribution in [3.63, 3.8) is 0 Å². The first-order valence-electron chi connectivity index (χ1n) is 9.01. The molecule has 30 heavy (non-hydrogen) atoms. The molecule has 0 aliphatic heterocycles. The summed E-state index contributed by atoms with van der Waals surface area (Å²) in [5.74, 6) is -1.32. The number of halogens is 1. The highest BCUT2D eigenvalue weighted by Gasteiger charge is 2.24. The highest BCUT2D eigenvalue weighted by Crippen LogP contribution is 2.25. The Balaban J connectivity index is 2.17. The number of carbonyl (C=O) groups is 2. The Labute approximate surface area is 180 Å². The van der Waals surface area contributed by atoms with Gasteiger partial charge in [0.1, 0.15) is 10.6 Å². The molecule has 1 amide bonds. The van der Waals surface area contributed by atoms with Crippen molar-refractivity contribution in [1.29, 1.82) is 0 Å². The molecule has 8 nitrogen and oxygen atoms in total. The summed E-state index contributed by atoms with van der Waals surface area (Å²) in [5, 5.41) is 3.12. The van der Waals surface area contributed by atoms with Crippen molar-refractivity contribution in [3.8, 4) is 5.75 Å². The van der Waals surface area contributed by atoms with Crippen LogP contribution in [0.5, 0.6) is 5.75 Å². The van der Waals surface area contributed by atoms with Gasteiger partial charge in [-0.25, -0.2) is 17.9 Å². The number of carbonyl (C=O) groups excluding carboxylic acids is 2. The highest BCUT2D eigenvalue weighted by atomic mass is 35.5. The first kappa shape index (κ1) is 23.7. The van der Waals surface area contributed by atoms with Crippen LogP contribution in [0.25, 0.3) is 0 Å². The van der Waals surface area contributed by atoms with Gasteiger partial charge in [0.2, 0.25) is 10.0 Å². The van der Waals surface area contributed by atoms with Gasteiger partial charge in [0.05, 0.1) is 12.7 Å². The fraction of sp³-hybridized carbons (Fsp3) is 0.300. The van der Waals surface area contributed by atoms with Crippen molar-refractivity contribution in [3.05, 3.63) is 53.1 Å². The van der Waals surface area contributed by atoms with Crippen molar-refractivity contribution in [2.45, 2.75) is 37.8 Å². The molecule has 2 N–H and O–H groups in total. The lowest BCUT2D eigenvalue weighted by atomic mass is 10.2. The second-order valence-corrected chi connectivity index (χ2v) is 8.80. The fourth-order valence-corrected chi connectivity index (χ4v) is 4.02. The van der Waals surface area contributed by atoms with Crippen LogP contribution in [0, 0.1) is 0 Å². The molecule has 1 atom stereocenters. The van der Waals surface area contributed by atoms with Crippen LogP contribution in [-0.4, -0.2) is 39.5 Å². The number of amides is 1. The molecule has 0 bridgehead atoms. The number of esters is 1. The Bertz CT molecular complexity index is 1020. The minimum absolute atomic E-state index is 0.0360. The summed E-state index contributed by atoms with van der Waals surface area (Å²) in [6, 6.07) is 9.94. The summed E-state index contributed by atoms with van der Waals surface area (Å²) >= 11 is 5.80.